The lowest BCUT2D eigenvalue weighted by Gasteiger charge is -2.20. The highest BCUT2D eigenvalue weighted by molar-refractivity contribution is 6.30. The largest absolute Gasteiger partial charge is 0.486 e. The fourth-order valence-electron chi connectivity index (χ4n) is 2.28. The normalized spacial score (nSPS) is 14.8. The Kier molecular flexibility index (Phi) is 3.99. The lowest BCUT2D eigenvalue weighted by atomic mass is 10.0. The molecule has 0 spiro atoms. The predicted molar refractivity (Wildman–Crippen MR) is 77.5 cm³/mol. The summed E-state index contributed by atoms with van der Waals surface area (Å²) in [6.07, 6.45) is -0.653. The van der Waals surface area contributed by atoms with Gasteiger partial charge >= 0.3 is 0 Å². The Morgan fingerprint density at radius 3 is 2.62 bits per heavy atom. The molecule has 0 radical (unpaired) electrons. The Morgan fingerprint density at radius 1 is 1.10 bits per heavy atom. The summed E-state index contributed by atoms with van der Waals surface area (Å²) in [4.78, 5) is 0. The van der Waals surface area contributed by atoms with Crippen molar-refractivity contribution in [1.29, 1.82) is 0 Å². The number of aliphatic hydroxyl groups excluding tert-OH is 1. The van der Waals surface area contributed by atoms with Gasteiger partial charge in [0.05, 0.1) is 6.10 Å². The van der Waals surface area contributed by atoms with Gasteiger partial charge in [-0.3, -0.25) is 0 Å². The Bertz CT molecular complexity index is 660. The number of halogens is 2. The first-order valence-corrected chi connectivity index (χ1v) is 7.03. The van der Waals surface area contributed by atoms with Crippen LogP contribution in [0, 0.1) is 5.82 Å². The number of benzene rings is 2. The van der Waals surface area contributed by atoms with Crippen LogP contribution in [0.25, 0.3) is 0 Å². The zero-order valence-electron chi connectivity index (χ0n) is 11.2. The summed E-state index contributed by atoms with van der Waals surface area (Å²) in [7, 11) is 0. The van der Waals surface area contributed by atoms with Crippen molar-refractivity contribution in [3.8, 4) is 11.5 Å². The molecule has 0 fully saturated rings. The Hall–Kier alpha value is -1.78. The van der Waals surface area contributed by atoms with Crippen LogP contribution in [0.4, 0.5) is 4.39 Å². The van der Waals surface area contributed by atoms with Gasteiger partial charge in [-0.2, -0.15) is 0 Å². The van der Waals surface area contributed by atoms with Gasteiger partial charge in [0.2, 0.25) is 0 Å². The Morgan fingerprint density at radius 2 is 1.86 bits per heavy atom. The van der Waals surface area contributed by atoms with E-state index in [1.54, 1.807) is 30.3 Å². The maximum absolute atomic E-state index is 13.8. The number of fused-ring (bicyclic) bond motifs is 1. The fraction of sp³-hybridized carbons (Fsp3) is 0.250. The summed E-state index contributed by atoms with van der Waals surface area (Å²) in [5.74, 6) is 0.850. The van der Waals surface area contributed by atoms with Crippen LogP contribution in [-0.4, -0.2) is 18.3 Å². The molecular formula is C16H14ClFO3. The molecule has 0 aromatic heterocycles. The molecule has 1 aliphatic heterocycles. The molecular weight excluding hydrogens is 295 g/mol. The second-order valence-electron chi connectivity index (χ2n) is 4.86. The first-order valence-electron chi connectivity index (χ1n) is 6.65. The minimum atomic E-state index is -0.823. The van der Waals surface area contributed by atoms with E-state index in [-0.39, 0.29) is 6.42 Å². The van der Waals surface area contributed by atoms with Gasteiger partial charge in [0.25, 0.3) is 0 Å². The molecule has 0 saturated heterocycles. The van der Waals surface area contributed by atoms with Crippen molar-refractivity contribution in [3.63, 3.8) is 0 Å². The van der Waals surface area contributed by atoms with Crippen molar-refractivity contribution < 1.29 is 19.0 Å². The van der Waals surface area contributed by atoms with Crippen LogP contribution in [-0.2, 0) is 6.42 Å². The molecule has 2 aromatic carbocycles. The summed E-state index contributed by atoms with van der Waals surface area (Å²) in [6, 6.07) is 9.67. The number of rotatable bonds is 3. The molecule has 1 N–H and O–H groups in total. The second kappa shape index (κ2) is 5.92. The minimum Gasteiger partial charge on any atom is -0.486 e. The third-order valence-electron chi connectivity index (χ3n) is 3.38. The van der Waals surface area contributed by atoms with Gasteiger partial charge in [-0.05, 0) is 35.4 Å². The van der Waals surface area contributed by atoms with Gasteiger partial charge < -0.3 is 14.6 Å². The van der Waals surface area contributed by atoms with E-state index in [2.05, 4.69) is 0 Å². The van der Waals surface area contributed by atoms with E-state index in [1.807, 2.05) is 0 Å². The van der Waals surface area contributed by atoms with Gasteiger partial charge in [-0.1, -0.05) is 23.7 Å². The second-order valence-corrected chi connectivity index (χ2v) is 5.30. The standard InChI is InChI=1S/C16H14ClFO3/c17-12-3-1-10(13(18)9-12)7-14(19)11-2-4-15-16(8-11)21-6-5-20-15/h1-4,8-9,14,19H,5-7H2. The fourth-order valence-corrected chi connectivity index (χ4v) is 2.44. The summed E-state index contributed by atoms with van der Waals surface area (Å²) < 4.78 is 24.7. The third-order valence-corrected chi connectivity index (χ3v) is 3.61. The van der Waals surface area contributed by atoms with Gasteiger partial charge in [0, 0.05) is 11.4 Å². The SMILES string of the molecule is OC(Cc1ccc(Cl)cc1F)c1ccc2c(c1)OCCO2. The Labute approximate surface area is 126 Å². The van der Waals surface area contributed by atoms with Crippen LogP contribution in [0.2, 0.25) is 5.02 Å². The van der Waals surface area contributed by atoms with Gasteiger partial charge in [-0.25, -0.2) is 4.39 Å². The van der Waals surface area contributed by atoms with E-state index in [0.29, 0.717) is 40.9 Å². The smallest absolute Gasteiger partial charge is 0.161 e. The molecule has 0 bridgehead atoms. The van der Waals surface area contributed by atoms with E-state index >= 15 is 0 Å². The predicted octanol–water partition coefficient (Wildman–Crippen LogP) is 3.53. The van der Waals surface area contributed by atoms with Crippen LogP contribution < -0.4 is 9.47 Å². The zero-order valence-corrected chi connectivity index (χ0v) is 11.9. The molecule has 5 heteroatoms. The van der Waals surface area contributed by atoms with Crippen molar-refractivity contribution in [2.75, 3.05) is 13.2 Å². The molecule has 1 atom stereocenters. The topological polar surface area (TPSA) is 38.7 Å². The van der Waals surface area contributed by atoms with Crippen LogP contribution in [0.5, 0.6) is 11.5 Å². The molecule has 21 heavy (non-hydrogen) atoms. The molecule has 3 rings (SSSR count). The molecule has 0 saturated carbocycles. The molecule has 110 valence electrons. The molecule has 2 aromatic rings. The van der Waals surface area contributed by atoms with Crippen LogP contribution in [0.3, 0.4) is 0 Å². The van der Waals surface area contributed by atoms with Crippen molar-refractivity contribution in [2.45, 2.75) is 12.5 Å². The lowest BCUT2D eigenvalue weighted by molar-refractivity contribution is 0.164. The summed E-state index contributed by atoms with van der Waals surface area (Å²) in [5, 5.41) is 10.6. The average molecular weight is 309 g/mol. The average Bonchev–Trinajstić information content (AvgIpc) is 2.49. The van der Waals surface area contributed by atoms with E-state index in [9.17, 15) is 9.50 Å². The van der Waals surface area contributed by atoms with Crippen LogP contribution in [0.15, 0.2) is 36.4 Å². The summed E-state index contributed by atoms with van der Waals surface area (Å²) in [5.41, 5.74) is 1.08. The highest BCUT2D eigenvalue weighted by Gasteiger charge is 2.17. The zero-order chi connectivity index (χ0) is 14.8. The van der Waals surface area contributed by atoms with Crippen LogP contribution >= 0.6 is 11.6 Å². The summed E-state index contributed by atoms with van der Waals surface area (Å²) >= 11 is 5.72. The van der Waals surface area contributed by atoms with E-state index in [1.165, 1.54) is 6.07 Å². The van der Waals surface area contributed by atoms with Crippen molar-refractivity contribution in [2.24, 2.45) is 0 Å². The first kappa shape index (κ1) is 14.2. The highest BCUT2D eigenvalue weighted by Crippen LogP contribution is 2.33. The maximum atomic E-state index is 13.8. The van der Waals surface area contributed by atoms with E-state index in [0.717, 1.165) is 0 Å². The molecule has 1 aliphatic rings. The first-order chi connectivity index (χ1) is 10.1. The molecule has 0 amide bonds. The monoisotopic (exact) mass is 308 g/mol. The van der Waals surface area contributed by atoms with Gasteiger partial charge in [-0.15, -0.1) is 0 Å². The minimum absolute atomic E-state index is 0.169. The lowest BCUT2D eigenvalue weighted by Crippen LogP contribution is -2.15. The molecule has 1 heterocycles. The third kappa shape index (κ3) is 3.12. The molecule has 1 unspecified atom stereocenters. The van der Waals surface area contributed by atoms with E-state index < -0.39 is 11.9 Å². The van der Waals surface area contributed by atoms with Gasteiger partial charge in [0.1, 0.15) is 19.0 Å². The molecule has 3 nitrogen and oxygen atoms in total. The summed E-state index contributed by atoms with van der Waals surface area (Å²) in [6.45, 7) is 1.00. The van der Waals surface area contributed by atoms with E-state index in [4.69, 9.17) is 21.1 Å². The Balaban J connectivity index is 1.80. The van der Waals surface area contributed by atoms with Crippen LogP contribution in [0.1, 0.15) is 17.2 Å². The van der Waals surface area contributed by atoms with Gasteiger partial charge in [0.15, 0.2) is 11.5 Å². The number of aliphatic hydroxyl groups is 1. The van der Waals surface area contributed by atoms with Crippen molar-refractivity contribution in [3.05, 3.63) is 58.4 Å². The highest BCUT2D eigenvalue weighted by atomic mass is 35.5. The van der Waals surface area contributed by atoms with Crippen molar-refractivity contribution in [1.82, 2.24) is 0 Å². The quantitative estimate of drug-likeness (QED) is 0.943. The van der Waals surface area contributed by atoms with Crippen molar-refractivity contribution >= 4 is 11.6 Å². The number of ether oxygens (including phenoxy) is 2. The molecule has 0 aliphatic carbocycles. The number of hydrogen-bond donors (Lipinski definition) is 1. The number of hydrogen-bond acceptors (Lipinski definition) is 3. The maximum Gasteiger partial charge on any atom is 0.161 e.